The SMILES string of the molecule is Cn1cc(Nc2cccc(NC(=O)[C@H]3CNC[C@@H]3c3cnn(C)c3)c2)cn1. The maximum Gasteiger partial charge on any atom is 0.229 e. The smallest absolute Gasteiger partial charge is 0.229 e. The first-order valence-corrected chi connectivity index (χ1v) is 8.94. The molecule has 8 heteroatoms. The van der Waals surface area contributed by atoms with E-state index in [0.29, 0.717) is 6.54 Å². The number of nitrogens with one attached hydrogen (secondary N) is 3. The number of aromatic nitrogens is 4. The Balaban J connectivity index is 1.45. The highest BCUT2D eigenvalue weighted by atomic mass is 16.2. The Bertz CT molecular complexity index is 945. The van der Waals surface area contributed by atoms with Gasteiger partial charge in [0.25, 0.3) is 0 Å². The number of anilines is 3. The Hall–Kier alpha value is -3.13. The molecule has 8 nitrogen and oxygen atoms in total. The summed E-state index contributed by atoms with van der Waals surface area (Å²) in [7, 11) is 3.76. The van der Waals surface area contributed by atoms with Gasteiger partial charge in [0.1, 0.15) is 0 Å². The zero-order chi connectivity index (χ0) is 18.8. The van der Waals surface area contributed by atoms with Crippen molar-refractivity contribution >= 4 is 23.0 Å². The van der Waals surface area contributed by atoms with Crippen molar-refractivity contribution in [3.05, 3.63) is 54.6 Å². The predicted molar refractivity (Wildman–Crippen MR) is 104 cm³/mol. The molecule has 2 aromatic heterocycles. The molecule has 3 N–H and O–H groups in total. The van der Waals surface area contributed by atoms with Gasteiger partial charge >= 0.3 is 0 Å². The van der Waals surface area contributed by atoms with Gasteiger partial charge in [0.05, 0.1) is 24.0 Å². The quantitative estimate of drug-likeness (QED) is 0.642. The number of aryl methyl sites for hydroxylation is 2. The van der Waals surface area contributed by atoms with Crippen LogP contribution in [-0.4, -0.2) is 38.6 Å². The van der Waals surface area contributed by atoms with Crippen molar-refractivity contribution in [3.63, 3.8) is 0 Å². The molecular weight excluding hydrogens is 342 g/mol. The minimum absolute atomic E-state index is 0.0207. The van der Waals surface area contributed by atoms with Crippen LogP contribution in [0.25, 0.3) is 0 Å². The number of hydrogen-bond donors (Lipinski definition) is 3. The summed E-state index contributed by atoms with van der Waals surface area (Å²) in [5.41, 5.74) is 3.66. The van der Waals surface area contributed by atoms with Crippen molar-refractivity contribution in [1.82, 2.24) is 24.9 Å². The van der Waals surface area contributed by atoms with Gasteiger partial charge in [0, 0.05) is 56.9 Å². The third kappa shape index (κ3) is 3.85. The Kier molecular flexibility index (Phi) is 4.64. The fraction of sp³-hybridized carbons (Fsp3) is 0.316. The molecule has 0 bridgehead atoms. The van der Waals surface area contributed by atoms with E-state index >= 15 is 0 Å². The van der Waals surface area contributed by atoms with Gasteiger partial charge in [-0.05, 0) is 23.8 Å². The van der Waals surface area contributed by atoms with Gasteiger partial charge in [-0.1, -0.05) is 6.07 Å². The van der Waals surface area contributed by atoms with E-state index in [1.165, 1.54) is 0 Å². The number of carbonyl (C=O) groups is 1. The highest BCUT2D eigenvalue weighted by molar-refractivity contribution is 5.94. The van der Waals surface area contributed by atoms with E-state index in [0.717, 1.165) is 29.2 Å². The summed E-state index contributed by atoms with van der Waals surface area (Å²) in [5, 5.41) is 18.0. The molecule has 1 aliphatic heterocycles. The number of rotatable bonds is 5. The summed E-state index contributed by atoms with van der Waals surface area (Å²) < 4.78 is 3.51. The van der Waals surface area contributed by atoms with Crippen molar-refractivity contribution in [1.29, 1.82) is 0 Å². The molecule has 0 unspecified atom stereocenters. The number of amides is 1. The second-order valence-electron chi connectivity index (χ2n) is 6.92. The Morgan fingerprint density at radius 3 is 2.59 bits per heavy atom. The van der Waals surface area contributed by atoms with E-state index in [1.54, 1.807) is 15.6 Å². The minimum atomic E-state index is -0.121. The Labute approximate surface area is 157 Å². The van der Waals surface area contributed by atoms with Crippen LogP contribution < -0.4 is 16.0 Å². The molecule has 1 fully saturated rings. The van der Waals surface area contributed by atoms with Crippen molar-refractivity contribution < 1.29 is 4.79 Å². The minimum Gasteiger partial charge on any atom is -0.353 e. The van der Waals surface area contributed by atoms with E-state index < -0.39 is 0 Å². The number of nitrogens with zero attached hydrogens (tertiary/aromatic N) is 4. The third-order valence-electron chi connectivity index (χ3n) is 4.83. The van der Waals surface area contributed by atoms with E-state index in [9.17, 15) is 4.79 Å². The fourth-order valence-corrected chi connectivity index (χ4v) is 3.50. The average molecular weight is 365 g/mol. The summed E-state index contributed by atoms with van der Waals surface area (Å²) >= 11 is 0. The molecular formula is C19H23N7O. The third-order valence-corrected chi connectivity index (χ3v) is 4.83. The van der Waals surface area contributed by atoms with Crippen LogP contribution in [0.1, 0.15) is 11.5 Å². The number of benzene rings is 1. The maximum atomic E-state index is 12.9. The normalized spacial score (nSPS) is 19.2. The summed E-state index contributed by atoms with van der Waals surface area (Å²) in [6, 6.07) is 7.69. The van der Waals surface area contributed by atoms with Crippen LogP contribution in [0, 0.1) is 5.92 Å². The van der Waals surface area contributed by atoms with Gasteiger partial charge in [-0.2, -0.15) is 10.2 Å². The van der Waals surface area contributed by atoms with Gasteiger partial charge < -0.3 is 16.0 Å². The average Bonchev–Trinajstić information content (AvgIpc) is 3.36. The molecule has 0 aliphatic carbocycles. The molecule has 1 saturated heterocycles. The molecule has 3 heterocycles. The lowest BCUT2D eigenvalue weighted by Crippen LogP contribution is -2.28. The van der Waals surface area contributed by atoms with E-state index in [4.69, 9.17) is 0 Å². The van der Waals surface area contributed by atoms with Crippen molar-refractivity contribution in [2.24, 2.45) is 20.0 Å². The topological polar surface area (TPSA) is 88.8 Å². The molecule has 27 heavy (non-hydrogen) atoms. The van der Waals surface area contributed by atoms with Crippen LogP contribution in [-0.2, 0) is 18.9 Å². The highest BCUT2D eigenvalue weighted by Gasteiger charge is 2.34. The number of carbonyl (C=O) groups excluding carboxylic acids is 1. The first-order valence-electron chi connectivity index (χ1n) is 8.94. The molecule has 0 radical (unpaired) electrons. The predicted octanol–water partition coefficient (Wildman–Crippen LogP) is 1.84. The second-order valence-corrected chi connectivity index (χ2v) is 6.92. The van der Waals surface area contributed by atoms with Gasteiger partial charge in [0.15, 0.2) is 0 Å². The number of hydrogen-bond acceptors (Lipinski definition) is 5. The highest BCUT2D eigenvalue weighted by Crippen LogP contribution is 2.29. The molecule has 140 valence electrons. The molecule has 0 saturated carbocycles. The van der Waals surface area contributed by atoms with Gasteiger partial charge in [-0.25, -0.2) is 0 Å². The first-order chi connectivity index (χ1) is 13.1. The van der Waals surface area contributed by atoms with Crippen molar-refractivity contribution in [3.8, 4) is 0 Å². The van der Waals surface area contributed by atoms with Crippen LogP contribution in [0.15, 0.2) is 49.1 Å². The summed E-state index contributed by atoms with van der Waals surface area (Å²) in [5.74, 6) is 0.0342. The maximum absolute atomic E-state index is 12.9. The molecule has 1 aromatic carbocycles. The molecule has 0 spiro atoms. The second kappa shape index (κ2) is 7.24. The molecule has 1 aliphatic rings. The zero-order valence-corrected chi connectivity index (χ0v) is 15.4. The lowest BCUT2D eigenvalue weighted by atomic mass is 9.90. The fourth-order valence-electron chi connectivity index (χ4n) is 3.50. The van der Waals surface area contributed by atoms with Gasteiger partial charge in [0.2, 0.25) is 5.91 Å². The monoisotopic (exact) mass is 365 g/mol. The van der Waals surface area contributed by atoms with Crippen LogP contribution in [0.5, 0.6) is 0 Å². The Morgan fingerprint density at radius 1 is 1.07 bits per heavy atom. The molecule has 1 amide bonds. The van der Waals surface area contributed by atoms with Crippen LogP contribution in [0.4, 0.5) is 17.1 Å². The zero-order valence-electron chi connectivity index (χ0n) is 15.4. The summed E-state index contributed by atoms with van der Waals surface area (Å²) in [6.45, 7) is 1.45. The van der Waals surface area contributed by atoms with E-state index in [-0.39, 0.29) is 17.7 Å². The Morgan fingerprint density at radius 2 is 1.85 bits per heavy atom. The van der Waals surface area contributed by atoms with E-state index in [1.807, 2.05) is 57.0 Å². The van der Waals surface area contributed by atoms with Crippen molar-refractivity contribution in [2.75, 3.05) is 23.7 Å². The van der Waals surface area contributed by atoms with E-state index in [2.05, 4.69) is 26.1 Å². The van der Waals surface area contributed by atoms with Gasteiger partial charge in [-0.3, -0.25) is 14.2 Å². The largest absolute Gasteiger partial charge is 0.353 e. The van der Waals surface area contributed by atoms with Crippen LogP contribution >= 0.6 is 0 Å². The molecule has 4 rings (SSSR count). The van der Waals surface area contributed by atoms with Crippen molar-refractivity contribution in [2.45, 2.75) is 5.92 Å². The lowest BCUT2D eigenvalue weighted by molar-refractivity contribution is -0.119. The standard InChI is InChI=1S/C19H23N7O/c1-25-11-13(7-21-25)17-9-20-10-18(17)19(27)24-15-5-3-4-14(6-15)23-16-8-22-26(2)12-16/h3-8,11-12,17-18,20,23H,9-10H2,1-2H3,(H,24,27)/t17-,18+/m1/s1. The van der Waals surface area contributed by atoms with Crippen LogP contribution in [0.3, 0.4) is 0 Å². The summed E-state index contributed by atoms with van der Waals surface area (Å²) in [4.78, 5) is 12.9. The molecule has 3 aromatic rings. The lowest BCUT2D eigenvalue weighted by Gasteiger charge is -2.17. The molecule has 2 atom stereocenters. The summed E-state index contributed by atoms with van der Waals surface area (Å²) in [6.07, 6.45) is 7.48. The van der Waals surface area contributed by atoms with Crippen LogP contribution in [0.2, 0.25) is 0 Å². The van der Waals surface area contributed by atoms with Gasteiger partial charge in [-0.15, -0.1) is 0 Å². The first kappa shape index (κ1) is 17.3.